The smallest absolute Gasteiger partial charge is 0.255 e. The van der Waals surface area contributed by atoms with Crippen LogP contribution in [0.3, 0.4) is 0 Å². The Kier molecular flexibility index (Phi) is 6.49. The maximum absolute atomic E-state index is 13.0. The summed E-state index contributed by atoms with van der Waals surface area (Å²) in [6, 6.07) is 4.69. The highest BCUT2D eigenvalue weighted by atomic mass is 35.5. The Balaban J connectivity index is 1.84. The Bertz CT molecular complexity index is 782. The number of rotatable bonds is 4. The zero-order chi connectivity index (χ0) is 19.6. The largest absolute Gasteiger partial charge is 0.339 e. The molecule has 0 radical (unpaired) electrons. The van der Waals surface area contributed by atoms with Crippen molar-refractivity contribution in [1.82, 2.24) is 9.21 Å². The van der Waals surface area contributed by atoms with Crippen molar-refractivity contribution in [3.63, 3.8) is 0 Å². The lowest BCUT2D eigenvalue weighted by Gasteiger charge is -2.32. The topological polar surface area (TPSA) is 57.7 Å². The molecule has 27 heavy (non-hydrogen) atoms. The molecule has 2 aliphatic rings. The fourth-order valence-electron chi connectivity index (χ4n) is 4.03. The molecule has 0 aromatic heterocycles. The van der Waals surface area contributed by atoms with Gasteiger partial charge >= 0.3 is 0 Å². The second kappa shape index (κ2) is 8.50. The van der Waals surface area contributed by atoms with Crippen molar-refractivity contribution in [3.8, 4) is 0 Å². The Hall–Kier alpha value is -1.11. The highest BCUT2D eigenvalue weighted by Crippen LogP contribution is 2.29. The molecule has 0 N–H and O–H groups in total. The predicted octanol–water partition coefficient (Wildman–Crippen LogP) is 4.17. The molecule has 0 bridgehead atoms. The molecule has 1 aromatic carbocycles. The average molecular weight is 413 g/mol. The minimum Gasteiger partial charge on any atom is -0.339 e. The maximum Gasteiger partial charge on any atom is 0.255 e. The molecule has 1 saturated carbocycles. The molecule has 1 aromatic rings. The van der Waals surface area contributed by atoms with Crippen LogP contribution in [0.25, 0.3) is 0 Å². The molecule has 1 aliphatic heterocycles. The van der Waals surface area contributed by atoms with E-state index in [-0.39, 0.29) is 22.4 Å². The van der Waals surface area contributed by atoms with Gasteiger partial charge in [-0.15, -0.1) is 0 Å². The summed E-state index contributed by atoms with van der Waals surface area (Å²) < 4.78 is 27.5. The van der Waals surface area contributed by atoms with Gasteiger partial charge in [0.15, 0.2) is 0 Å². The lowest BCUT2D eigenvalue weighted by Crippen LogP contribution is -2.39. The summed E-state index contributed by atoms with van der Waals surface area (Å²) in [7, 11) is -1.81. The van der Waals surface area contributed by atoms with Gasteiger partial charge in [0.1, 0.15) is 0 Å². The van der Waals surface area contributed by atoms with Gasteiger partial charge in [-0.3, -0.25) is 4.79 Å². The first-order valence-corrected chi connectivity index (χ1v) is 11.7. The number of hydrogen-bond acceptors (Lipinski definition) is 3. The van der Waals surface area contributed by atoms with Gasteiger partial charge in [-0.05, 0) is 49.8 Å². The molecule has 5 nitrogen and oxygen atoms in total. The third-order valence-electron chi connectivity index (χ3n) is 5.99. The van der Waals surface area contributed by atoms with Crippen molar-refractivity contribution in [3.05, 3.63) is 28.8 Å². The van der Waals surface area contributed by atoms with E-state index in [1.54, 1.807) is 11.9 Å². The van der Waals surface area contributed by atoms with Crippen molar-refractivity contribution < 1.29 is 13.2 Å². The van der Waals surface area contributed by atoms with Crippen LogP contribution in [0.1, 0.15) is 62.2 Å². The van der Waals surface area contributed by atoms with E-state index in [0.717, 1.165) is 38.5 Å². The minimum atomic E-state index is -3.60. The standard InChI is InChI=1S/C20H29ClN2O3S/c1-15-10-12-23(13-11-15)27(25,26)17-8-9-19(21)18(14-17)20(24)22(2)16-6-4-3-5-7-16/h8-9,14-16H,3-7,10-13H2,1-2H3. The van der Waals surface area contributed by atoms with Crippen molar-refractivity contribution in [2.75, 3.05) is 20.1 Å². The molecule has 1 amide bonds. The summed E-state index contributed by atoms with van der Waals surface area (Å²) in [5.41, 5.74) is 0.274. The van der Waals surface area contributed by atoms with Crippen molar-refractivity contribution in [2.24, 2.45) is 5.92 Å². The Labute approximate surface area is 167 Å². The number of nitrogens with zero attached hydrogens (tertiary/aromatic N) is 2. The van der Waals surface area contributed by atoms with Gasteiger partial charge in [0, 0.05) is 26.2 Å². The van der Waals surface area contributed by atoms with Crippen LogP contribution in [0.2, 0.25) is 5.02 Å². The highest BCUT2D eigenvalue weighted by Gasteiger charge is 2.30. The molecule has 2 fully saturated rings. The maximum atomic E-state index is 13.0. The third-order valence-corrected chi connectivity index (χ3v) is 8.22. The molecule has 3 rings (SSSR count). The summed E-state index contributed by atoms with van der Waals surface area (Å²) in [6.45, 7) is 3.19. The van der Waals surface area contributed by atoms with E-state index in [9.17, 15) is 13.2 Å². The van der Waals surface area contributed by atoms with E-state index in [4.69, 9.17) is 11.6 Å². The van der Waals surface area contributed by atoms with Crippen LogP contribution in [0, 0.1) is 5.92 Å². The lowest BCUT2D eigenvalue weighted by atomic mass is 9.94. The summed E-state index contributed by atoms with van der Waals surface area (Å²) in [4.78, 5) is 14.9. The van der Waals surface area contributed by atoms with E-state index < -0.39 is 10.0 Å². The number of sulfonamides is 1. The zero-order valence-corrected chi connectivity index (χ0v) is 17.7. The number of benzene rings is 1. The van der Waals surface area contributed by atoms with E-state index in [1.165, 1.54) is 28.9 Å². The SMILES string of the molecule is CC1CCN(S(=O)(=O)c2ccc(Cl)c(C(=O)N(C)C3CCCCC3)c2)CC1. The fraction of sp³-hybridized carbons (Fsp3) is 0.650. The van der Waals surface area contributed by atoms with E-state index >= 15 is 0 Å². The number of hydrogen-bond donors (Lipinski definition) is 0. The summed E-state index contributed by atoms with van der Waals surface area (Å²) in [6.07, 6.45) is 7.16. The molecule has 0 atom stereocenters. The van der Waals surface area contributed by atoms with Crippen LogP contribution in [0.4, 0.5) is 0 Å². The Morgan fingerprint density at radius 1 is 1.11 bits per heavy atom. The lowest BCUT2D eigenvalue weighted by molar-refractivity contribution is 0.0696. The van der Waals surface area contributed by atoms with Gasteiger partial charge < -0.3 is 4.90 Å². The van der Waals surface area contributed by atoms with Crippen LogP contribution in [0.5, 0.6) is 0 Å². The number of halogens is 1. The molecule has 1 saturated heterocycles. The Morgan fingerprint density at radius 3 is 2.37 bits per heavy atom. The van der Waals surface area contributed by atoms with Crippen molar-refractivity contribution in [1.29, 1.82) is 0 Å². The molecular formula is C20H29ClN2O3S. The van der Waals surface area contributed by atoms with Gasteiger partial charge in [0.2, 0.25) is 10.0 Å². The first-order chi connectivity index (χ1) is 12.8. The zero-order valence-electron chi connectivity index (χ0n) is 16.2. The van der Waals surface area contributed by atoms with Gasteiger partial charge in [-0.1, -0.05) is 37.8 Å². The second-order valence-corrected chi connectivity index (χ2v) is 10.3. The van der Waals surface area contributed by atoms with Crippen LogP contribution in [0.15, 0.2) is 23.1 Å². The van der Waals surface area contributed by atoms with E-state index in [0.29, 0.717) is 24.0 Å². The van der Waals surface area contributed by atoms with E-state index in [2.05, 4.69) is 6.92 Å². The molecule has 150 valence electrons. The van der Waals surface area contributed by atoms with E-state index in [1.807, 2.05) is 0 Å². The highest BCUT2D eigenvalue weighted by molar-refractivity contribution is 7.89. The van der Waals surface area contributed by atoms with Gasteiger partial charge in [-0.25, -0.2) is 8.42 Å². The number of piperidine rings is 1. The second-order valence-electron chi connectivity index (χ2n) is 7.94. The van der Waals surface area contributed by atoms with Gasteiger partial charge in [0.05, 0.1) is 15.5 Å². The summed E-state index contributed by atoms with van der Waals surface area (Å²) >= 11 is 6.27. The molecule has 0 spiro atoms. The Morgan fingerprint density at radius 2 is 1.74 bits per heavy atom. The third kappa shape index (κ3) is 4.49. The van der Waals surface area contributed by atoms with Crippen LogP contribution in [-0.2, 0) is 10.0 Å². The van der Waals surface area contributed by atoms with Gasteiger partial charge in [-0.2, -0.15) is 4.31 Å². The minimum absolute atomic E-state index is 0.154. The number of amides is 1. The van der Waals surface area contributed by atoms with Crippen molar-refractivity contribution in [2.45, 2.75) is 62.8 Å². The molecule has 1 aliphatic carbocycles. The van der Waals surface area contributed by atoms with Crippen LogP contribution >= 0.6 is 11.6 Å². The number of carbonyl (C=O) groups excluding carboxylic acids is 1. The quantitative estimate of drug-likeness (QED) is 0.745. The monoisotopic (exact) mass is 412 g/mol. The molecule has 1 heterocycles. The first-order valence-electron chi connectivity index (χ1n) is 9.87. The van der Waals surface area contributed by atoms with Crippen LogP contribution in [-0.4, -0.2) is 49.7 Å². The normalized spacial score (nSPS) is 20.6. The molecular weight excluding hydrogens is 384 g/mol. The van der Waals surface area contributed by atoms with Gasteiger partial charge in [0.25, 0.3) is 5.91 Å². The summed E-state index contributed by atoms with van der Waals surface area (Å²) in [5, 5.41) is 0.300. The first kappa shape index (κ1) is 20.6. The molecule has 7 heteroatoms. The average Bonchev–Trinajstić information content (AvgIpc) is 2.68. The summed E-state index contributed by atoms with van der Waals surface area (Å²) in [5.74, 6) is 0.346. The van der Waals surface area contributed by atoms with Crippen LogP contribution < -0.4 is 0 Å². The van der Waals surface area contributed by atoms with Crippen molar-refractivity contribution >= 4 is 27.5 Å². The fourth-order valence-corrected chi connectivity index (χ4v) is 5.72. The molecule has 0 unspecified atom stereocenters. The number of carbonyl (C=O) groups is 1. The predicted molar refractivity (Wildman–Crippen MR) is 108 cm³/mol.